The van der Waals surface area contributed by atoms with Gasteiger partial charge in [-0.1, -0.05) is 0 Å². The van der Waals surface area contributed by atoms with Gasteiger partial charge >= 0.3 is 69.2 Å². The van der Waals surface area contributed by atoms with Gasteiger partial charge in [-0.15, -0.1) is 0 Å². The molecule has 4 atom stereocenters. The summed E-state index contributed by atoms with van der Waals surface area (Å²) in [6.07, 6.45) is -6.10. The molecule has 1 aliphatic rings. The van der Waals surface area contributed by atoms with Crippen molar-refractivity contribution in [1.82, 2.24) is 19.5 Å². The fourth-order valence-corrected chi connectivity index (χ4v) is 4.23. The van der Waals surface area contributed by atoms with Crippen molar-refractivity contribution in [2.45, 2.75) is 24.5 Å². The van der Waals surface area contributed by atoms with Gasteiger partial charge in [-0.25, -0.2) is 15.0 Å². The SMILES string of the molecule is Nc1ncnc2c1ncn2[C@@H]1O[C@H](COP(=O)([O-])[O-])[C@@H](OP(=O)([O-])[O-])[C@H]1OP(=O)([O-])[O-].[Mg+2].[Mg+2].[Mg+2]. The molecule has 0 radical (unpaired) electrons. The van der Waals surface area contributed by atoms with Crippen LogP contribution in [0.15, 0.2) is 12.7 Å². The molecule has 0 unspecified atom stereocenters. The summed E-state index contributed by atoms with van der Waals surface area (Å²) < 4.78 is 51.9. The van der Waals surface area contributed by atoms with Crippen molar-refractivity contribution in [2.75, 3.05) is 12.3 Å². The Balaban J connectivity index is 0.00000363. The molecule has 0 bridgehead atoms. The molecule has 174 valence electrons. The number of nitrogens with zero attached hydrogens (tertiary/aromatic N) is 4. The quantitative estimate of drug-likeness (QED) is 0.226. The maximum Gasteiger partial charge on any atom is 2.00 e. The Kier molecular flexibility index (Phi) is 13.5. The molecule has 1 saturated heterocycles. The summed E-state index contributed by atoms with van der Waals surface area (Å²) in [5, 5.41) is 0. The largest absolute Gasteiger partial charge is 2.00 e. The number of aromatic nitrogens is 4. The normalized spacial score (nSPS) is 23.1. The van der Waals surface area contributed by atoms with E-state index in [0.29, 0.717) is 0 Å². The third-order valence-corrected chi connectivity index (χ3v) is 5.31. The first-order chi connectivity index (χ1) is 14.1. The minimum atomic E-state index is -5.88. The standard InChI is InChI=1S/C10H16N5O13P3.3Mg/c11-8-5-9(13-2-12-8)15(3-14-5)10-7(28-31(22,23)24)6(27-30(19,20)21)4(26-10)1-25-29(16,17)18;;;/h2-4,6-7,10H,1H2,(H2,11,12,13)(H2,16,17,18)(H2,19,20,21)(H2,22,23,24);;;/q;3*+2/p-6/t4-,6-,7-,10-;;;/m1.../s1. The maximum absolute atomic E-state index is 11.2. The summed E-state index contributed by atoms with van der Waals surface area (Å²) in [5.41, 5.74) is 5.50. The first-order valence-electron chi connectivity index (χ1n) is 7.80. The molecule has 3 heterocycles. The summed E-state index contributed by atoms with van der Waals surface area (Å²) in [6.45, 7) is -1.21. The summed E-state index contributed by atoms with van der Waals surface area (Å²) in [4.78, 5) is 77.6. The van der Waals surface area contributed by atoms with Gasteiger partial charge in [0, 0.05) is 0 Å². The number of rotatable bonds is 8. The number of hydrogen-bond acceptors (Lipinski definition) is 17. The van der Waals surface area contributed by atoms with E-state index in [-0.39, 0.29) is 86.1 Å². The van der Waals surface area contributed by atoms with Gasteiger partial charge in [0.1, 0.15) is 30.2 Å². The van der Waals surface area contributed by atoms with Crippen molar-refractivity contribution in [3.63, 3.8) is 0 Å². The number of phosphoric ester groups is 3. The molecule has 1 aliphatic heterocycles. The van der Waals surface area contributed by atoms with Crippen LogP contribution in [0.2, 0.25) is 0 Å². The number of nitrogen functional groups attached to an aromatic ring is 1. The van der Waals surface area contributed by atoms with Gasteiger partial charge in [0.2, 0.25) is 0 Å². The van der Waals surface area contributed by atoms with E-state index in [2.05, 4.69) is 28.5 Å². The molecule has 18 nitrogen and oxygen atoms in total. The van der Waals surface area contributed by atoms with Crippen molar-refractivity contribution >= 4 is 110 Å². The number of fused-ring (bicyclic) bond motifs is 1. The minimum absolute atomic E-state index is 0. The Morgan fingerprint density at radius 3 is 2.00 bits per heavy atom. The van der Waals surface area contributed by atoms with Crippen LogP contribution in [0.25, 0.3) is 11.2 Å². The smallest absolute Gasteiger partial charge is 0.790 e. The molecule has 34 heavy (non-hydrogen) atoms. The molecule has 0 aromatic carbocycles. The molecular weight excluding hydrogens is 564 g/mol. The number of anilines is 1. The van der Waals surface area contributed by atoms with Crippen LogP contribution in [0.3, 0.4) is 0 Å². The number of nitrogens with two attached hydrogens (primary N) is 1. The third-order valence-electron chi connectivity index (χ3n) is 3.85. The Bertz CT molecular complexity index is 1110. The number of hydrogen-bond donors (Lipinski definition) is 1. The molecular formula is C10H10Mg3N5O13P3. The van der Waals surface area contributed by atoms with Crippen molar-refractivity contribution in [3.8, 4) is 0 Å². The average Bonchev–Trinajstić information content (AvgIpc) is 3.13. The topological polar surface area (TPSA) is 296 Å². The van der Waals surface area contributed by atoms with Gasteiger partial charge < -0.3 is 67.1 Å². The van der Waals surface area contributed by atoms with E-state index in [4.69, 9.17) is 10.5 Å². The summed E-state index contributed by atoms with van der Waals surface area (Å²) >= 11 is 0. The van der Waals surface area contributed by atoms with Crippen LogP contribution in [-0.2, 0) is 32.0 Å². The number of phosphoric acid groups is 3. The van der Waals surface area contributed by atoms with Gasteiger partial charge in [0.15, 0.2) is 17.7 Å². The van der Waals surface area contributed by atoms with E-state index < -0.39 is 54.6 Å². The zero-order valence-electron chi connectivity index (χ0n) is 16.8. The predicted octanol–water partition coefficient (Wildman–Crippen LogP) is -6.56. The van der Waals surface area contributed by atoms with E-state index >= 15 is 0 Å². The second-order valence-electron chi connectivity index (χ2n) is 5.93. The van der Waals surface area contributed by atoms with Gasteiger partial charge in [-0.05, 0) is 0 Å². The fraction of sp³-hybridized carbons (Fsp3) is 0.500. The van der Waals surface area contributed by atoms with Gasteiger partial charge in [-0.2, -0.15) is 0 Å². The van der Waals surface area contributed by atoms with Crippen molar-refractivity contribution < 1.29 is 61.4 Å². The van der Waals surface area contributed by atoms with Crippen LogP contribution in [-0.4, -0.2) is 114 Å². The van der Waals surface area contributed by atoms with Gasteiger partial charge in [-0.3, -0.25) is 4.57 Å². The summed E-state index contributed by atoms with van der Waals surface area (Å²) in [5.74, 6) is -0.118. The Morgan fingerprint density at radius 2 is 1.47 bits per heavy atom. The van der Waals surface area contributed by atoms with E-state index in [1.54, 1.807) is 0 Å². The zero-order valence-corrected chi connectivity index (χ0v) is 23.7. The van der Waals surface area contributed by atoms with Crippen molar-refractivity contribution in [2.24, 2.45) is 0 Å². The van der Waals surface area contributed by atoms with Crippen LogP contribution in [0, 0.1) is 0 Å². The summed E-state index contributed by atoms with van der Waals surface area (Å²) in [6, 6.07) is 0. The minimum Gasteiger partial charge on any atom is -0.790 e. The van der Waals surface area contributed by atoms with Crippen LogP contribution < -0.4 is 35.1 Å². The van der Waals surface area contributed by atoms with Crippen LogP contribution >= 0.6 is 23.5 Å². The number of imidazole rings is 1. The predicted molar refractivity (Wildman–Crippen MR) is 99.4 cm³/mol. The maximum atomic E-state index is 11.2. The van der Waals surface area contributed by atoms with Crippen molar-refractivity contribution in [3.05, 3.63) is 12.7 Å². The Morgan fingerprint density at radius 1 is 0.912 bits per heavy atom. The Hall–Kier alpha value is 0.939. The van der Waals surface area contributed by atoms with E-state index in [1.807, 2.05) is 0 Å². The first-order valence-corrected chi connectivity index (χ1v) is 12.2. The van der Waals surface area contributed by atoms with Gasteiger partial charge in [0.05, 0.1) is 36.4 Å². The van der Waals surface area contributed by atoms with E-state index in [9.17, 15) is 43.1 Å². The molecule has 2 N–H and O–H groups in total. The molecule has 0 spiro atoms. The van der Waals surface area contributed by atoms with E-state index in [0.717, 1.165) is 17.2 Å². The Labute approximate surface area is 238 Å². The van der Waals surface area contributed by atoms with E-state index in [1.165, 1.54) is 0 Å². The molecule has 24 heteroatoms. The molecule has 0 saturated carbocycles. The third kappa shape index (κ3) is 9.35. The van der Waals surface area contributed by atoms with Crippen LogP contribution in [0.5, 0.6) is 0 Å². The van der Waals surface area contributed by atoms with Crippen LogP contribution in [0.4, 0.5) is 5.82 Å². The van der Waals surface area contributed by atoms with Crippen molar-refractivity contribution in [1.29, 1.82) is 0 Å². The second kappa shape index (κ2) is 13.1. The summed E-state index contributed by atoms with van der Waals surface area (Å²) in [7, 11) is -17.4. The fourth-order valence-electron chi connectivity index (χ4n) is 2.82. The molecule has 3 rings (SSSR count). The number of ether oxygens (including phenoxy) is 1. The molecule has 0 aliphatic carbocycles. The monoisotopic (exact) mass is 573 g/mol. The first kappa shape index (κ1) is 34.9. The molecule has 1 fully saturated rings. The van der Waals surface area contributed by atoms with Crippen LogP contribution in [0.1, 0.15) is 6.23 Å². The molecule has 2 aromatic rings. The molecule has 0 amide bonds. The second-order valence-corrected chi connectivity index (χ2v) is 9.29. The van der Waals surface area contributed by atoms with Gasteiger partial charge in [0.25, 0.3) is 0 Å². The zero-order chi connectivity index (χ0) is 23.2. The molecule has 2 aromatic heterocycles. The average molecular weight is 574 g/mol.